The lowest BCUT2D eigenvalue weighted by atomic mass is 10.1. The highest BCUT2D eigenvalue weighted by Crippen LogP contribution is 2.43. The summed E-state index contributed by atoms with van der Waals surface area (Å²) in [6, 6.07) is 0. The first kappa shape index (κ1) is 38.0. The summed E-state index contributed by atoms with van der Waals surface area (Å²) >= 11 is 0. The molecule has 0 aromatic carbocycles. The fourth-order valence-corrected chi connectivity index (χ4v) is 4.92. The molecule has 0 rings (SSSR count). The van der Waals surface area contributed by atoms with E-state index in [1.807, 2.05) is 21.1 Å². The highest BCUT2D eigenvalue weighted by molar-refractivity contribution is 7.47. The molecule has 0 aromatic rings. The van der Waals surface area contributed by atoms with E-state index in [0.717, 1.165) is 19.3 Å². The third kappa shape index (κ3) is 29.0. The lowest BCUT2D eigenvalue weighted by Gasteiger charge is -2.24. The van der Waals surface area contributed by atoms with Crippen molar-refractivity contribution in [2.75, 3.05) is 60.7 Å². The van der Waals surface area contributed by atoms with Crippen LogP contribution in [-0.4, -0.2) is 76.2 Å². The van der Waals surface area contributed by atoms with Crippen molar-refractivity contribution in [2.45, 2.75) is 136 Å². The topological polar surface area (TPSA) is 74.2 Å². The van der Waals surface area contributed by atoms with Crippen molar-refractivity contribution in [2.24, 2.45) is 0 Å². The molecule has 0 aliphatic carbocycles. The number of likely N-dealkylation sites (N-methyl/N-ethyl adjacent to an activating group) is 1. The standard InChI is InChI=1S/C30H64NO6P/c1-6-8-10-12-14-16-17-18-20-22-25-34-28-30(35-26-23-21-19-15-13-11-9-7-2)29-37-38(32,33)36-27-24-31(3,4)5/h30H,6-29H2,1-5H3/p+1. The smallest absolute Gasteiger partial charge is 0.379 e. The normalized spacial score (nSPS) is 14.6. The molecule has 1 N–H and O–H groups in total. The number of rotatable bonds is 30. The van der Waals surface area contributed by atoms with Crippen LogP contribution in [0.1, 0.15) is 129 Å². The number of ether oxygens (including phenoxy) is 2. The largest absolute Gasteiger partial charge is 0.472 e. The van der Waals surface area contributed by atoms with Gasteiger partial charge in [-0.05, 0) is 12.8 Å². The molecule has 8 heteroatoms. The van der Waals surface area contributed by atoms with Crippen LogP contribution in [0.15, 0.2) is 0 Å². The Kier molecular flexibility index (Phi) is 25.9. The highest BCUT2D eigenvalue weighted by atomic mass is 31.2. The molecule has 0 spiro atoms. The molecule has 0 aliphatic rings. The molecule has 230 valence electrons. The van der Waals surface area contributed by atoms with Gasteiger partial charge in [0.2, 0.25) is 0 Å². The van der Waals surface area contributed by atoms with Gasteiger partial charge in [-0.1, -0.05) is 117 Å². The van der Waals surface area contributed by atoms with Gasteiger partial charge in [0.1, 0.15) is 19.3 Å². The van der Waals surface area contributed by atoms with Crippen LogP contribution in [0.5, 0.6) is 0 Å². The first-order chi connectivity index (χ1) is 18.2. The molecule has 38 heavy (non-hydrogen) atoms. The van der Waals surface area contributed by atoms with Crippen molar-refractivity contribution in [3.05, 3.63) is 0 Å². The van der Waals surface area contributed by atoms with Crippen LogP contribution in [0, 0.1) is 0 Å². The molecule has 0 amide bonds. The summed E-state index contributed by atoms with van der Waals surface area (Å²) in [5.41, 5.74) is 0. The van der Waals surface area contributed by atoms with Gasteiger partial charge in [-0.15, -0.1) is 0 Å². The van der Waals surface area contributed by atoms with Crippen LogP contribution in [0.3, 0.4) is 0 Å². The number of phosphoric ester groups is 1. The zero-order valence-electron chi connectivity index (χ0n) is 25.9. The van der Waals surface area contributed by atoms with Crippen molar-refractivity contribution >= 4 is 7.82 Å². The van der Waals surface area contributed by atoms with Gasteiger partial charge < -0.3 is 18.9 Å². The molecule has 0 saturated heterocycles. The van der Waals surface area contributed by atoms with Gasteiger partial charge in [-0.3, -0.25) is 9.05 Å². The summed E-state index contributed by atoms with van der Waals surface area (Å²) in [6.45, 7) is 6.94. The predicted molar refractivity (Wildman–Crippen MR) is 160 cm³/mol. The SMILES string of the molecule is CCCCCCCCCCCCOCC(COP(=O)(O)OCC[N+](C)(C)C)OCCCCCCCCCC. The summed E-state index contributed by atoms with van der Waals surface area (Å²) in [5.74, 6) is 0. The number of hydrogen-bond acceptors (Lipinski definition) is 5. The molecule has 0 aliphatic heterocycles. The minimum Gasteiger partial charge on any atom is -0.379 e. The lowest BCUT2D eigenvalue weighted by Crippen LogP contribution is -2.37. The van der Waals surface area contributed by atoms with Gasteiger partial charge in [0.05, 0.1) is 34.4 Å². The Morgan fingerprint density at radius 1 is 0.605 bits per heavy atom. The Morgan fingerprint density at radius 3 is 1.53 bits per heavy atom. The van der Waals surface area contributed by atoms with Crippen molar-refractivity contribution in [1.82, 2.24) is 0 Å². The van der Waals surface area contributed by atoms with E-state index in [1.165, 1.54) is 96.3 Å². The van der Waals surface area contributed by atoms with Crippen LogP contribution in [0.25, 0.3) is 0 Å². The quantitative estimate of drug-likeness (QED) is 0.0536. The maximum Gasteiger partial charge on any atom is 0.472 e. The van der Waals surface area contributed by atoms with E-state index in [0.29, 0.717) is 30.8 Å². The Hall–Kier alpha value is -0.0100. The number of unbranched alkanes of at least 4 members (excludes halogenated alkanes) is 16. The second-order valence-corrected chi connectivity index (χ2v) is 13.3. The zero-order valence-corrected chi connectivity index (χ0v) is 26.8. The van der Waals surface area contributed by atoms with Crippen LogP contribution >= 0.6 is 7.82 Å². The molecule has 0 bridgehead atoms. The Labute approximate surface area is 236 Å². The molecule has 0 radical (unpaired) electrons. The van der Waals surface area contributed by atoms with Crippen LogP contribution < -0.4 is 0 Å². The van der Waals surface area contributed by atoms with Gasteiger partial charge >= 0.3 is 7.82 Å². The molecular weight excluding hydrogens is 501 g/mol. The maximum atomic E-state index is 12.3. The van der Waals surface area contributed by atoms with Gasteiger partial charge in [-0.25, -0.2) is 4.57 Å². The third-order valence-electron chi connectivity index (χ3n) is 6.74. The van der Waals surface area contributed by atoms with Crippen molar-refractivity contribution in [1.29, 1.82) is 0 Å². The summed E-state index contributed by atoms with van der Waals surface area (Å²) in [7, 11) is 1.91. The maximum absolute atomic E-state index is 12.3. The van der Waals surface area contributed by atoms with E-state index in [9.17, 15) is 9.46 Å². The van der Waals surface area contributed by atoms with Gasteiger partial charge in [0, 0.05) is 13.2 Å². The van der Waals surface area contributed by atoms with E-state index in [-0.39, 0.29) is 19.3 Å². The summed E-state index contributed by atoms with van der Waals surface area (Å²) < 4.78 is 35.3. The minimum absolute atomic E-state index is 0.00674. The first-order valence-corrected chi connectivity index (χ1v) is 17.3. The summed E-state index contributed by atoms with van der Waals surface area (Å²) in [5, 5.41) is 0. The van der Waals surface area contributed by atoms with E-state index >= 15 is 0 Å². The van der Waals surface area contributed by atoms with Gasteiger partial charge in [-0.2, -0.15) is 0 Å². The average Bonchev–Trinajstić information content (AvgIpc) is 2.85. The van der Waals surface area contributed by atoms with Gasteiger partial charge in [0.25, 0.3) is 0 Å². The molecule has 7 nitrogen and oxygen atoms in total. The fraction of sp³-hybridized carbons (Fsp3) is 1.00. The number of hydrogen-bond donors (Lipinski definition) is 1. The van der Waals surface area contributed by atoms with Gasteiger partial charge in [0.15, 0.2) is 0 Å². The van der Waals surface area contributed by atoms with E-state index < -0.39 is 7.82 Å². The fourth-order valence-electron chi connectivity index (χ4n) is 4.18. The zero-order chi connectivity index (χ0) is 28.4. The molecular formula is C30H65NO6P+. The van der Waals surface area contributed by atoms with Crippen LogP contribution in [-0.2, 0) is 23.1 Å². The molecule has 2 unspecified atom stereocenters. The Bertz CT molecular complexity index is 543. The average molecular weight is 567 g/mol. The lowest BCUT2D eigenvalue weighted by molar-refractivity contribution is -0.870. The Morgan fingerprint density at radius 2 is 1.05 bits per heavy atom. The second-order valence-electron chi connectivity index (χ2n) is 11.8. The Balaban J connectivity index is 4.18. The number of nitrogens with zero attached hydrogens (tertiary/aromatic N) is 1. The monoisotopic (exact) mass is 566 g/mol. The first-order valence-electron chi connectivity index (χ1n) is 15.8. The van der Waals surface area contributed by atoms with Crippen molar-refractivity contribution in [3.63, 3.8) is 0 Å². The molecule has 0 aromatic heterocycles. The second kappa shape index (κ2) is 25.9. The van der Waals surface area contributed by atoms with Crippen molar-refractivity contribution in [3.8, 4) is 0 Å². The highest BCUT2D eigenvalue weighted by Gasteiger charge is 2.25. The van der Waals surface area contributed by atoms with E-state index in [2.05, 4.69) is 13.8 Å². The summed E-state index contributed by atoms with van der Waals surface area (Å²) in [4.78, 5) is 10.1. The molecule has 0 fully saturated rings. The molecule has 2 atom stereocenters. The third-order valence-corrected chi connectivity index (χ3v) is 7.72. The van der Waals surface area contributed by atoms with Crippen LogP contribution in [0.2, 0.25) is 0 Å². The van der Waals surface area contributed by atoms with E-state index in [1.54, 1.807) is 0 Å². The number of quaternary nitrogens is 1. The molecule has 0 saturated carbocycles. The van der Waals surface area contributed by atoms with E-state index in [4.69, 9.17) is 18.5 Å². The van der Waals surface area contributed by atoms with Crippen LogP contribution in [0.4, 0.5) is 0 Å². The predicted octanol–water partition coefficient (Wildman–Crippen LogP) is 8.29. The number of phosphoric acid groups is 1. The summed E-state index contributed by atoms with van der Waals surface area (Å²) in [6.07, 6.45) is 22.5. The minimum atomic E-state index is -4.11. The molecule has 0 heterocycles. The van der Waals surface area contributed by atoms with Crippen molar-refractivity contribution < 1.29 is 32.5 Å².